The lowest BCUT2D eigenvalue weighted by Gasteiger charge is -2.12. The van der Waals surface area contributed by atoms with Crippen molar-refractivity contribution in [3.8, 4) is 34.8 Å². The average Bonchev–Trinajstić information content (AvgIpc) is 2.80. The van der Waals surface area contributed by atoms with Crippen molar-refractivity contribution in [2.75, 3.05) is 28.4 Å². The number of carbonyl (C=O) groups is 1. The summed E-state index contributed by atoms with van der Waals surface area (Å²) in [7, 11) is 5.90. The van der Waals surface area contributed by atoms with Crippen LogP contribution in [-0.2, 0) is 11.3 Å². The number of nitriles is 1. The van der Waals surface area contributed by atoms with Crippen molar-refractivity contribution in [1.29, 1.82) is 5.26 Å². The van der Waals surface area contributed by atoms with Crippen LogP contribution in [0, 0.1) is 11.3 Å². The van der Waals surface area contributed by atoms with Gasteiger partial charge in [0.05, 0.1) is 28.4 Å². The molecule has 0 aliphatic carbocycles. The number of phenolic OH excluding ortho intramolecular Hbond substituents is 1. The van der Waals surface area contributed by atoms with E-state index in [-0.39, 0.29) is 29.4 Å². The van der Waals surface area contributed by atoms with Crippen LogP contribution in [0.4, 0.5) is 0 Å². The van der Waals surface area contributed by atoms with E-state index in [1.807, 2.05) is 6.07 Å². The number of methoxy groups -OCH3 is 4. The molecule has 0 unspecified atom stereocenters. The van der Waals surface area contributed by atoms with Gasteiger partial charge >= 0.3 is 0 Å². The van der Waals surface area contributed by atoms with Gasteiger partial charge in [0.2, 0.25) is 5.75 Å². The zero-order valence-corrected chi connectivity index (χ0v) is 17.8. The summed E-state index contributed by atoms with van der Waals surface area (Å²) in [5.74, 6) is 0.915. The van der Waals surface area contributed by atoms with E-state index in [1.165, 1.54) is 34.5 Å². The predicted molar refractivity (Wildman–Crippen MR) is 115 cm³/mol. The van der Waals surface area contributed by atoms with Crippen molar-refractivity contribution in [3.63, 3.8) is 0 Å². The number of nitrogens with zero attached hydrogens (tertiary/aromatic N) is 1. The van der Waals surface area contributed by atoms with E-state index in [2.05, 4.69) is 5.32 Å². The van der Waals surface area contributed by atoms with Crippen LogP contribution in [0.1, 0.15) is 11.1 Å². The minimum absolute atomic E-state index is 0.0733. The maximum atomic E-state index is 12.4. The summed E-state index contributed by atoms with van der Waals surface area (Å²) >= 11 is 0. The van der Waals surface area contributed by atoms with E-state index >= 15 is 0 Å². The van der Waals surface area contributed by atoms with Crippen molar-refractivity contribution >= 4 is 12.0 Å². The number of aromatic hydroxyl groups is 1. The number of phenols is 1. The Bertz CT molecular complexity index is 1010. The number of ether oxygens (including phenoxy) is 4. The Hall–Kier alpha value is -4.12. The van der Waals surface area contributed by atoms with Crippen molar-refractivity contribution in [1.82, 2.24) is 5.32 Å². The standard InChI is InChI=1S/C23H24N2O6/c1-28-18-10-6-9-17(22(18)31-4)14-25-23(27)16(13-24)8-5-7-15-11-19(29-2)21(26)20(12-15)30-3/h5-12,26H,14H2,1-4H3,(H,25,27)/b7-5+,16-8+. The number of hydrogen-bond donors (Lipinski definition) is 2. The van der Waals surface area contributed by atoms with Gasteiger partial charge in [0.25, 0.3) is 5.91 Å². The molecule has 0 bridgehead atoms. The lowest BCUT2D eigenvalue weighted by atomic mass is 10.1. The summed E-state index contributed by atoms with van der Waals surface area (Å²) < 4.78 is 20.8. The fraction of sp³-hybridized carbons (Fsp3) is 0.217. The first-order valence-corrected chi connectivity index (χ1v) is 9.20. The van der Waals surface area contributed by atoms with Gasteiger partial charge in [-0.3, -0.25) is 4.79 Å². The van der Waals surface area contributed by atoms with E-state index in [4.69, 9.17) is 18.9 Å². The van der Waals surface area contributed by atoms with Crippen molar-refractivity contribution in [2.45, 2.75) is 6.54 Å². The zero-order chi connectivity index (χ0) is 22.8. The van der Waals surface area contributed by atoms with Gasteiger partial charge in [-0.2, -0.15) is 5.26 Å². The lowest BCUT2D eigenvalue weighted by Crippen LogP contribution is -2.24. The highest BCUT2D eigenvalue weighted by molar-refractivity contribution is 5.97. The van der Waals surface area contributed by atoms with Gasteiger partial charge in [-0.15, -0.1) is 0 Å². The lowest BCUT2D eigenvalue weighted by molar-refractivity contribution is -0.117. The molecule has 1 amide bonds. The van der Waals surface area contributed by atoms with E-state index in [9.17, 15) is 15.2 Å². The quantitative estimate of drug-likeness (QED) is 0.361. The van der Waals surface area contributed by atoms with Crippen LogP contribution in [0.5, 0.6) is 28.7 Å². The number of hydrogen-bond acceptors (Lipinski definition) is 7. The molecule has 0 aromatic heterocycles. The Labute approximate surface area is 180 Å². The van der Waals surface area contributed by atoms with E-state index in [0.717, 1.165) is 0 Å². The molecule has 0 fully saturated rings. The molecule has 2 aromatic carbocycles. The third kappa shape index (κ3) is 5.70. The number of para-hydroxylation sites is 1. The van der Waals surface area contributed by atoms with Crippen molar-refractivity contribution in [2.24, 2.45) is 0 Å². The Morgan fingerprint density at radius 1 is 1.06 bits per heavy atom. The van der Waals surface area contributed by atoms with Gasteiger partial charge < -0.3 is 29.4 Å². The van der Waals surface area contributed by atoms with Crippen molar-refractivity contribution in [3.05, 3.63) is 59.2 Å². The fourth-order valence-electron chi connectivity index (χ4n) is 2.79. The first kappa shape index (κ1) is 23.2. The van der Waals surface area contributed by atoms with Crippen LogP contribution < -0.4 is 24.3 Å². The second-order valence-electron chi connectivity index (χ2n) is 6.16. The molecule has 0 aliphatic heterocycles. The van der Waals surface area contributed by atoms with Crippen LogP contribution in [0.2, 0.25) is 0 Å². The number of allylic oxidation sites excluding steroid dienone is 2. The van der Waals surface area contributed by atoms with Crippen LogP contribution in [0.3, 0.4) is 0 Å². The second-order valence-corrected chi connectivity index (χ2v) is 6.16. The van der Waals surface area contributed by atoms with Crippen LogP contribution >= 0.6 is 0 Å². The molecule has 0 saturated heterocycles. The van der Waals surface area contributed by atoms with Gasteiger partial charge in [-0.1, -0.05) is 24.3 Å². The Morgan fingerprint density at radius 3 is 2.26 bits per heavy atom. The summed E-state index contributed by atoms with van der Waals surface area (Å²) in [6, 6.07) is 10.4. The molecule has 2 rings (SSSR count). The zero-order valence-electron chi connectivity index (χ0n) is 17.8. The normalized spacial score (nSPS) is 11.0. The van der Waals surface area contributed by atoms with Gasteiger partial charge in [-0.25, -0.2) is 0 Å². The molecule has 8 nitrogen and oxygen atoms in total. The molecule has 0 aliphatic rings. The third-order valence-corrected chi connectivity index (χ3v) is 4.34. The number of rotatable bonds is 9. The van der Waals surface area contributed by atoms with Crippen LogP contribution in [0.15, 0.2) is 48.1 Å². The first-order valence-electron chi connectivity index (χ1n) is 9.20. The molecule has 2 aromatic rings. The van der Waals surface area contributed by atoms with Gasteiger partial charge in [0, 0.05) is 12.1 Å². The maximum Gasteiger partial charge on any atom is 0.262 e. The summed E-state index contributed by atoms with van der Waals surface area (Å²) in [6.07, 6.45) is 4.60. The number of carbonyl (C=O) groups excluding carboxylic acids is 1. The highest BCUT2D eigenvalue weighted by Gasteiger charge is 2.13. The molecule has 0 saturated carbocycles. The second kappa shape index (κ2) is 11.2. The SMILES string of the molecule is COc1cc(/C=C/C=C(\C#N)C(=O)NCc2cccc(OC)c2OC)cc(OC)c1O. The van der Waals surface area contributed by atoms with E-state index in [0.29, 0.717) is 22.6 Å². The summed E-state index contributed by atoms with van der Waals surface area (Å²) in [6.45, 7) is 0.161. The molecule has 0 atom stereocenters. The van der Waals surface area contributed by atoms with Gasteiger partial charge in [0.1, 0.15) is 11.6 Å². The predicted octanol–water partition coefficient (Wildman–Crippen LogP) is 3.21. The van der Waals surface area contributed by atoms with E-state index < -0.39 is 5.91 Å². The highest BCUT2D eigenvalue weighted by atomic mass is 16.5. The molecule has 162 valence electrons. The maximum absolute atomic E-state index is 12.4. The van der Waals surface area contributed by atoms with Gasteiger partial charge in [0.15, 0.2) is 23.0 Å². The smallest absolute Gasteiger partial charge is 0.262 e. The first-order chi connectivity index (χ1) is 15.0. The summed E-state index contributed by atoms with van der Waals surface area (Å²) in [5.41, 5.74) is 1.30. The minimum atomic E-state index is -0.530. The molecule has 8 heteroatoms. The van der Waals surface area contributed by atoms with Crippen LogP contribution in [-0.4, -0.2) is 39.5 Å². The Balaban J connectivity index is 2.14. The number of benzene rings is 2. The molecular formula is C23H24N2O6. The number of amides is 1. The topological polar surface area (TPSA) is 110 Å². The summed E-state index contributed by atoms with van der Waals surface area (Å²) in [5, 5.41) is 22.0. The molecule has 0 spiro atoms. The van der Waals surface area contributed by atoms with Crippen molar-refractivity contribution < 1.29 is 28.8 Å². The molecule has 0 radical (unpaired) electrons. The molecule has 31 heavy (non-hydrogen) atoms. The molecule has 2 N–H and O–H groups in total. The Morgan fingerprint density at radius 2 is 1.71 bits per heavy atom. The number of nitrogens with one attached hydrogen (secondary N) is 1. The highest BCUT2D eigenvalue weighted by Crippen LogP contribution is 2.37. The minimum Gasteiger partial charge on any atom is -0.502 e. The molecular weight excluding hydrogens is 400 g/mol. The third-order valence-electron chi connectivity index (χ3n) is 4.34. The van der Waals surface area contributed by atoms with E-state index in [1.54, 1.807) is 42.5 Å². The summed E-state index contributed by atoms with van der Waals surface area (Å²) in [4.78, 5) is 12.4. The Kier molecular flexibility index (Phi) is 8.34. The molecule has 0 heterocycles. The monoisotopic (exact) mass is 424 g/mol. The van der Waals surface area contributed by atoms with Gasteiger partial charge in [-0.05, 0) is 29.8 Å². The van der Waals surface area contributed by atoms with Crippen LogP contribution in [0.25, 0.3) is 6.08 Å². The largest absolute Gasteiger partial charge is 0.502 e. The average molecular weight is 424 g/mol. The fourth-order valence-corrected chi connectivity index (χ4v) is 2.79.